The highest BCUT2D eigenvalue weighted by Crippen LogP contribution is 2.45. The Bertz CT molecular complexity index is 1830. The van der Waals surface area contributed by atoms with Gasteiger partial charge in [0, 0.05) is 25.7 Å². The lowest BCUT2D eigenvalue weighted by Crippen LogP contribution is -2.30. The van der Waals surface area contributed by atoms with E-state index in [1.807, 2.05) is 0 Å². The Labute approximate surface area is 588 Å². The molecule has 0 aromatic carbocycles. The molecule has 0 saturated carbocycles. The van der Waals surface area contributed by atoms with Crippen LogP contribution >= 0.6 is 15.6 Å². The number of aliphatic hydroxyl groups excluding tert-OH is 1. The van der Waals surface area contributed by atoms with Gasteiger partial charge >= 0.3 is 39.5 Å². The second-order valence-electron chi connectivity index (χ2n) is 27.7. The number of carbonyl (C=O) groups is 4. The summed E-state index contributed by atoms with van der Waals surface area (Å²) >= 11 is 0. The number of rotatable bonds is 78. The second-order valence-corrected chi connectivity index (χ2v) is 30.7. The van der Waals surface area contributed by atoms with E-state index in [0.29, 0.717) is 25.7 Å². The summed E-state index contributed by atoms with van der Waals surface area (Å²) in [6.07, 6.45) is 63.1. The Morgan fingerprint density at radius 1 is 0.250 bits per heavy atom. The lowest BCUT2D eigenvalue weighted by molar-refractivity contribution is -0.161. The van der Waals surface area contributed by atoms with E-state index in [-0.39, 0.29) is 25.7 Å². The minimum Gasteiger partial charge on any atom is -0.462 e. The monoisotopic (exact) mass is 1410 g/mol. The molecular weight excluding hydrogens is 1260 g/mol. The maximum atomic E-state index is 13.1. The summed E-state index contributed by atoms with van der Waals surface area (Å²) < 4.78 is 68.3. The van der Waals surface area contributed by atoms with Gasteiger partial charge in [0.15, 0.2) is 12.2 Å². The Morgan fingerprint density at radius 3 is 0.615 bits per heavy atom. The van der Waals surface area contributed by atoms with Crippen molar-refractivity contribution < 1.29 is 80.2 Å². The van der Waals surface area contributed by atoms with Crippen LogP contribution in [0.3, 0.4) is 0 Å². The van der Waals surface area contributed by atoms with E-state index in [0.717, 1.165) is 96.3 Å². The Balaban J connectivity index is 5.09. The molecule has 0 rings (SSSR count). The first-order chi connectivity index (χ1) is 46.7. The lowest BCUT2D eigenvalue weighted by Gasteiger charge is -2.21. The summed E-state index contributed by atoms with van der Waals surface area (Å²) in [5.41, 5.74) is 0. The van der Waals surface area contributed by atoms with Gasteiger partial charge in [0.05, 0.1) is 26.4 Å². The second kappa shape index (κ2) is 71.5. The molecule has 17 nitrogen and oxygen atoms in total. The lowest BCUT2D eigenvalue weighted by atomic mass is 10.0. The third-order valence-electron chi connectivity index (χ3n) is 18.1. The van der Waals surface area contributed by atoms with Crippen LogP contribution in [0.5, 0.6) is 0 Å². The van der Waals surface area contributed by atoms with Gasteiger partial charge in [0.25, 0.3) is 0 Å². The van der Waals surface area contributed by atoms with Gasteiger partial charge in [-0.2, -0.15) is 0 Å². The zero-order chi connectivity index (χ0) is 70.4. The fourth-order valence-electron chi connectivity index (χ4n) is 11.9. The average Bonchev–Trinajstić information content (AvgIpc) is 1.28. The summed E-state index contributed by atoms with van der Waals surface area (Å²) in [5.74, 6) is -2.13. The summed E-state index contributed by atoms with van der Waals surface area (Å²) in [5, 5.41) is 10.6. The number of ether oxygens (including phenoxy) is 4. The molecule has 0 aromatic heterocycles. The number of hydrogen-bond acceptors (Lipinski definition) is 15. The predicted octanol–water partition coefficient (Wildman–Crippen LogP) is 23.0. The predicted molar refractivity (Wildman–Crippen MR) is 391 cm³/mol. The quantitative estimate of drug-likeness (QED) is 0.0222. The van der Waals surface area contributed by atoms with Crippen LogP contribution in [0.4, 0.5) is 0 Å². The highest BCUT2D eigenvalue weighted by atomic mass is 31.2. The van der Waals surface area contributed by atoms with Crippen LogP contribution in [-0.2, 0) is 65.4 Å². The van der Waals surface area contributed by atoms with Crippen LogP contribution in [0.1, 0.15) is 413 Å². The maximum Gasteiger partial charge on any atom is 0.472 e. The molecule has 2 unspecified atom stereocenters. The van der Waals surface area contributed by atoms with E-state index in [1.165, 1.54) is 238 Å². The molecule has 3 N–H and O–H groups in total. The number of hydrogen-bond donors (Lipinski definition) is 3. The van der Waals surface area contributed by atoms with Crippen LogP contribution in [0.2, 0.25) is 0 Å². The van der Waals surface area contributed by atoms with Gasteiger partial charge < -0.3 is 33.8 Å². The molecule has 0 amide bonds. The van der Waals surface area contributed by atoms with Gasteiger partial charge in [-0.15, -0.1) is 0 Å². The molecule has 96 heavy (non-hydrogen) atoms. The van der Waals surface area contributed by atoms with Crippen molar-refractivity contribution in [1.29, 1.82) is 0 Å². The Hall–Kier alpha value is -1.94. The minimum atomic E-state index is -4.95. The molecule has 0 fully saturated rings. The molecule has 0 radical (unpaired) electrons. The van der Waals surface area contributed by atoms with E-state index in [9.17, 15) is 43.2 Å². The topological polar surface area (TPSA) is 237 Å². The molecule has 5 atom stereocenters. The number of phosphoric ester groups is 2. The number of unbranched alkanes of at least 4 members (excludes halogenated alkanes) is 52. The normalized spacial score (nSPS) is 13.9. The molecule has 0 aliphatic carbocycles. The maximum absolute atomic E-state index is 13.1. The van der Waals surface area contributed by atoms with E-state index >= 15 is 0 Å². The standard InChI is InChI=1S/C77H150O17P2/c1-5-9-13-17-20-23-26-28-30-32-34-36-38-40-42-44-46-49-52-56-60-64-77(82)94-73(68-88-75(80)62-58-54-50-48-45-43-41-39-37-35-33-31-29-27-24-21-18-14-10-6-2)70-92-96(85,86)90-66-71(78)65-89-95(83,84)91-69-72(67-87-74(79)61-57-53-16-12-8-4)93-76(81)63-59-55-51-47-25-22-19-15-11-7-3/h71-73,78H,5-70H2,1-4H3,(H,83,84)(H,85,86)/t71-,72+,73+/m0/s1. The van der Waals surface area contributed by atoms with Crippen LogP contribution < -0.4 is 0 Å². The Morgan fingerprint density at radius 2 is 0.417 bits per heavy atom. The molecule has 0 aliphatic heterocycles. The molecule has 0 aromatic rings. The average molecular weight is 1410 g/mol. The van der Waals surface area contributed by atoms with Crippen molar-refractivity contribution in [2.24, 2.45) is 0 Å². The zero-order valence-electron chi connectivity index (χ0n) is 62.4. The van der Waals surface area contributed by atoms with Crippen LogP contribution in [-0.4, -0.2) is 96.7 Å². The van der Waals surface area contributed by atoms with Crippen molar-refractivity contribution >= 4 is 39.5 Å². The summed E-state index contributed by atoms with van der Waals surface area (Å²) in [6, 6.07) is 0. The van der Waals surface area contributed by atoms with Crippen molar-refractivity contribution in [3.63, 3.8) is 0 Å². The summed E-state index contributed by atoms with van der Waals surface area (Å²) in [4.78, 5) is 72.5. The number of phosphoric acid groups is 2. The molecular formula is C77H150O17P2. The van der Waals surface area contributed by atoms with Crippen molar-refractivity contribution in [3.8, 4) is 0 Å². The molecule has 0 heterocycles. The highest BCUT2D eigenvalue weighted by Gasteiger charge is 2.30. The Kier molecular flexibility index (Phi) is 70.0. The van der Waals surface area contributed by atoms with Crippen molar-refractivity contribution in [3.05, 3.63) is 0 Å². The van der Waals surface area contributed by atoms with Gasteiger partial charge in [0.1, 0.15) is 19.3 Å². The van der Waals surface area contributed by atoms with E-state index in [2.05, 4.69) is 27.7 Å². The molecule has 0 bridgehead atoms. The van der Waals surface area contributed by atoms with Crippen LogP contribution in [0.25, 0.3) is 0 Å². The van der Waals surface area contributed by atoms with Gasteiger partial charge in [0.2, 0.25) is 0 Å². The first-order valence-corrected chi connectivity index (χ1v) is 43.3. The van der Waals surface area contributed by atoms with Crippen molar-refractivity contribution in [2.75, 3.05) is 39.6 Å². The third-order valence-corrected chi connectivity index (χ3v) is 20.0. The third kappa shape index (κ3) is 70.5. The van der Waals surface area contributed by atoms with Crippen molar-refractivity contribution in [1.82, 2.24) is 0 Å². The molecule has 0 spiro atoms. The smallest absolute Gasteiger partial charge is 0.462 e. The fraction of sp³-hybridized carbons (Fsp3) is 0.948. The largest absolute Gasteiger partial charge is 0.472 e. The fourth-order valence-corrected chi connectivity index (χ4v) is 13.5. The molecule has 570 valence electrons. The van der Waals surface area contributed by atoms with Crippen LogP contribution in [0, 0.1) is 0 Å². The number of esters is 4. The molecule has 0 saturated heterocycles. The molecule has 19 heteroatoms. The van der Waals surface area contributed by atoms with Gasteiger partial charge in [-0.25, -0.2) is 9.13 Å². The van der Waals surface area contributed by atoms with Gasteiger partial charge in [-0.1, -0.05) is 362 Å². The highest BCUT2D eigenvalue weighted by molar-refractivity contribution is 7.47. The van der Waals surface area contributed by atoms with E-state index in [4.69, 9.17) is 37.0 Å². The number of aliphatic hydroxyl groups is 1. The first-order valence-electron chi connectivity index (χ1n) is 40.3. The minimum absolute atomic E-state index is 0.106. The van der Waals surface area contributed by atoms with Gasteiger partial charge in [-0.05, 0) is 25.7 Å². The SMILES string of the molecule is CCCCCCCCCCCCCCCCCCCCCCCC(=O)O[C@H](COC(=O)CCCCCCCCCCCCCCCCCCCCCC)COP(=O)(O)OC[C@@H](O)COP(=O)(O)OC[C@@H](COC(=O)CCCCCCC)OC(=O)CCCCCCCCCCCC. The van der Waals surface area contributed by atoms with Crippen LogP contribution in [0.15, 0.2) is 0 Å². The van der Waals surface area contributed by atoms with Gasteiger partial charge in [-0.3, -0.25) is 37.3 Å². The number of carbonyl (C=O) groups excluding carboxylic acids is 4. The van der Waals surface area contributed by atoms with Crippen molar-refractivity contribution in [2.45, 2.75) is 431 Å². The molecule has 0 aliphatic rings. The summed E-state index contributed by atoms with van der Waals surface area (Å²) in [6.45, 7) is 4.89. The zero-order valence-corrected chi connectivity index (χ0v) is 64.1. The van der Waals surface area contributed by atoms with E-state index in [1.54, 1.807) is 0 Å². The summed E-state index contributed by atoms with van der Waals surface area (Å²) in [7, 11) is -9.90. The van der Waals surface area contributed by atoms with E-state index < -0.39 is 97.5 Å². The first kappa shape index (κ1) is 94.1.